The fourth-order valence-electron chi connectivity index (χ4n) is 2.52. The minimum atomic E-state index is -0.478. The number of aromatic amines is 1. The molecular weight excluding hydrogens is 351 g/mol. The minimum Gasteiger partial charge on any atom is -0.343 e. The van der Waals surface area contributed by atoms with Crippen LogP contribution in [0.25, 0.3) is 10.9 Å². The number of H-pyrrole nitrogens is 1. The first-order chi connectivity index (χ1) is 12.9. The molecule has 7 nitrogen and oxygen atoms in total. The number of hydrogen-bond donors (Lipinski definition) is 2. The zero-order valence-corrected chi connectivity index (χ0v) is 14.5. The molecule has 0 atom stereocenters. The second kappa shape index (κ2) is 7.77. The van der Waals surface area contributed by atoms with Gasteiger partial charge in [-0.1, -0.05) is 12.1 Å². The summed E-state index contributed by atoms with van der Waals surface area (Å²) < 4.78 is 12.9. The molecule has 0 bridgehead atoms. The summed E-state index contributed by atoms with van der Waals surface area (Å²) in [5.41, 5.74) is 0.523. The van der Waals surface area contributed by atoms with E-state index in [1.807, 2.05) is 0 Å². The summed E-state index contributed by atoms with van der Waals surface area (Å²) >= 11 is 0. The number of carbonyl (C=O) groups is 2. The molecule has 0 spiro atoms. The lowest BCUT2D eigenvalue weighted by Gasteiger charge is -2.17. The van der Waals surface area contributed by atoms with E-state index in [0.717, 1.165) is 0 Å². The Morgan fingerprint density at radius 2 is 1.85 bits per heavy atom. The zero-order valence-electron chi connectivity index (χ0n) is 14.5. The molecule has 138 valence electrons. The molecule has 0 unspecified atom stereocenters. The molecule has 0 aliphatic rings. The number of halogens is 1. The summed E-state index contributed by atoms with van der Waals surface area (Å²) in [6, 6.07) is 11.9. The number of carbonyl (C=O) groups excluding carboxylic acids is 2. The van der Waals surface area contributed by atoms with E-state index in [0.29, 0.717) is 16.7 Å². The Bertz CT molecular complexity index is 1050. The topological polar surface area (TPSA) is 95.2 Å². The maximum absolute atomic E-state index is 12.9. The summed E-state index contributed by atoms with van der Waals surface area (Å²) in [7, 11) is 1.54. The van der Waals surface area contributed by atoms with E-state index in [4.69, 9.17) is 0 Å². The number of hydrogen-bond acceptors (Lipinski definition) is 4. The Hall–Kier alpha value is -3.55. The van der Waals surface area contributed by atoms with Gasteiger partial charge in [0.2, 0.25) is 5.91 Å². The average Bonchev–Trinajstić information content (AvgIpc) is 2.66. The Labute approximate surface area is 153 Å². The number of nitrogens with zero attached hydrogens (tertiary/aromatic N) is 2. The van der Waals surface area contributed by atoms with Crippen LogP contribution in [-0.4, -0.2) is 40.3 Å². The van der Waals surface area contributed by atoms with E-state index < -0.39 is 11.7 Å². The number of amides is 2. The fraction of sp³-hybridized carbons (Fsp3) is 0.158. The van der Waals surface area contributed by atoms with Crippen molar-refractivity contribution >= 4 is 22.7 Å². The highest BCUT2D eigenvalue weighted by molar-refractivity contribution is 5.96. The molecule has 0 fully saturated rings. The molecule has 0 aliphatic heterocycles. The van der Waals surface area contributed by atoms with Crippen molar-refractivity contribution in [2.24, 2.45) is 0 Å². The van der Waals surface area contributed by atoms with Gasteiger partial charge in [-0.25, -0.2) is 9.37 Å². The predicted molar refractivity (Wildman–Crippen MR) is 97.6 cm³/mol. The van der Waals surface area contributed by atoms with E-state index in [2.05, 4.69) is 15.3 Å². The molecule has 0 saturated carbocycles. The molecule has 1 heterocycles. The Morgan fingerprint density at radius 3 is 2.59 bits per heavy atom. The Morgan fingerprint density at radius 1 is 1.15 bits per heavy atom. The number of nitrogens with one attached hydrogen (secondary N) is 2. The second-order valence-electron chi connectivity index (χ2n) is 5.97. The minimum absolute atomic E-state index is 0.0886. The van der Waals surface area contributed by atoms with Gasteiger partial charge in [0, 0.05) is 12.6 Å². The number of fused-ring (bicyclic) bond motifs is 1. The molecule has 1 aromatic heterocycles. The van der Waals surface area contributed by atoms with Gasteiger partial charge < -0.3 is 15.2 Å². The number of benzene rings is 2. The molecule has 3 rings (SSSR count). The van der Waals surface area contributed by atoms with Crippen molar-refractivity contribution in [3.8, 4) is 0 Å². The third kappa shape index (κ3) is 4.35. The normalized spacial score (nSPS) is 10.6. The second-order valence-corrected chi connectivity index (χ2v) is 5.97. The Balaban J connectivity index is 1.61. The van der Waals surface area contributed by atoms with Gasteiger partial charge in [-0.05, 0) is 36.4 Å². The maximum atomic E-state index is 12.9. The molecule has 2 aromatic carbocycles. The quantitative estimate of drug-likeness (QED) is 0.713. The number of para-hydroxylation sites is 1. The van der Waals surface area contributed by atoms with Crippen LogP contribution in [0.1, 0.15) is 16.2 Å². The standard InChI is InChI=1S/C19H17FN4O3/c1-24(11-16-22-15-5-3-2-4-14(15)19(27)23-16)17(25)10-21-18(26)12-6-8-13(20)9-7-12/h2-9H,10-11H2,1H3,(H,21,26)(H,22,23,27). The fourth-order valence-corrected chi connectivity index (χ4v) is 2.52. The van der Waals surface area contributed by atoms with E-state index in [1.165, 1.54) is 29.2 Å². The van der Waals surface area contributed by atoms with Crippen molar-refractivity contribution in [3.63, 3.8) is 0 Å². The Kier molecular flexibility index (Phi) is 5.25. The summed E-state index contributed by atoms with van der Waals surface area (Å²) in [5.74, 6) is -0.936. The molecule has 27 heavy (non-hydrogen) atoms. The number of likely N-dealkylation sites (N-methyl/N-ethyl adjacent to an activating group) is 1. The molecule has 3 aromatic rings. The van der Waals surface area contributed by atoms with Gasteiger partial charge in [0.05, 0.1) is 24.0 Å². The van der Waals surface area contributed by atoms with Crippen LogP contribution in [0.2, 0.25) is 0 Å². The van der Waals surface area contributed by atoms with Crippen LogP contribution in [-0.2, 0) is 11.3 Å². The van der Waals surface area contributed by atoms with Crippen molar-refractivity contribution in [3.05, 3.63) is 76.1 Å². The third-order valence-electron chi connectivity index (χ3n) is 3.98. The highest BCUT2D eigenvalue weighted by atomic mass is 19.1. The van der Waals surface area contributed by atoms with Crippen LogP contribution in [0, 0.1) is 5.82 Å². The van der Waals surface area contributed by atoms with Crippen LogP contribution in [0.5, 0.6) is 0 Å². The number of rotatable bonds is 5. The first kappa shape index (κ1) is 18.2. The van der Waals surface area contributed by atoms with Crippen molar-refractivity contribution in [2.45, 2.75) is 6.54 Å². The van der Waals surface area contributed by atoms with Crippen molar-refractivity contribution < 1.29 is 14.0 Å². The van der Waals surface area contributed by atoms with Gasteiger partial charge in [-0.2, -0.15) is 0 Å². The molecular formula is C19H17FN4O3. The molecule has 8 heteroatoms. The van der Waals surface area contributed by atoms with Crippen LogP contribution in [0.15, 0.2) is 53.3 Å². The summed E-state index contributed by atoms with van der Waals surface area (Å²) in [4.78, 5) is 44.6. The van der Waals surface area contributed by atoms with E-state index >= 15 is 0 Å². The van der Waals surface area contributed by atoms with E-state index in [1.54, 1.807) is 31.3 Å². The van der Waals surface area contributed by atoms with Crippen molar-refractivity contribution in [1.29, 1.82) is 0 Å². The average molecular weight is 368 g/mol. The lowest BCUT2D eigenvalue weighted by Crippen LogP contribution is -2.38. The molecule has 0 saturated heterocycles. The highest BCUT2D eigenvalue weighted by Crippen LogP contribution is 2.07. The molecule has 2 amide bonds. The van der Waals surface area contributed by atoms with Crippen molar-refractivity contribution in [1.82, 2.24) is 20.2 Å². The summed E-state index contributed by atoms with van der Waals surface area (Å²) in [6.07, 6.45) is 0. The number of aromatic nitrogens is 2. The summed E-state index contributed by atoms with van der Waals surface area (Å²) in [6.45, 7) is -0.143. The SMILES string of the molecule is CN(Cc1nc2ccccc2c(=O)[nH]1)C(=O)CNC(=O)c1ccc(F)cc1. The van der Waals surface area contributed by atoms with Gasteiger partial charge in [-0.15, -0.1) is 0 Å². The van der Waals surface area contributed by atoms with Gasteiger partial charge in [0.1, 0.15) is 11.6 Å². The smallest absolute Gasteiger partial charge is 0.258 e. The van der Waals surface area contributed by atoms with Gasteiger partial charge in [-0.3, -0.25) is 14.4 Å². The van der Waals surface area contributed by atoms with E-state index in [-0.39, 0.29) is 30.1 Å². The van der Waals surface area contributed by atoms with Gasteiger partial charge in [0.25, 0.3) is 11.5 Å². The van der Waals surface area contributed by atoms with Gasteiger partial charge in [0.15, 0.2) is 0 Å². The van der Waals surface area contributed by atoms with Crippen LogP contribution in [0.3, 0.4) is 0 Å². The first-order valence-corrected chi connectivity index (χ1v) is 8.19. The largest absolute Gasteiger partial charge is 0.343 e. The molecule has 0 radical (unpaired) electrons. The lowest BCUT2D eigenvalue weighted by molar-refractivity contribution is -0.129. The van der Waals surface area contributed by atoms with Crippen LogP contribution < -0.4 is 10.9 Å². The first-order valence-electron chi connectivity index (χ1n) is 8.19. The zero-order chi connectivity index (χ0) is 19.4. The van der Waals surface area contributed by atoms with E-state index in [9.17, 15) is 18.8 Å². The van der Waals surface area contributed by atoms with Gasteiger partial charge >= 0.3 is 0 Å². The molecule has 2 N–H and O–H groups in total. The monoisotopic (exact) mass is 368 g/mol. The van der Waals surface area contributed by atoms with Crippen LogP contribution >= 0.6 is 0 Å². The maximum Gasteiger partial charge on any atom is 0.258 e. The predicted octanol–water partition coefficient (Wildman–Crippen LogP) is 1.45. The third-order valence-corrected chi connectivity index (χ3v) is 3.98. The van der Waals surface area contributed by atoms with Crippen molar-refractivity contribution in [2.75, 3.05) is 13.6 Å². The summed E-state index contributed by atoms with van der Waals surface area (Å²) in [5, 5.41) is 2.95. The lowest BCUT2D eigenvalue weighted by atomic mass is 10.2. The molecule has 0 aliphatic carbocycles. The van der Waals surface area contributed by atoms with Crippen LogP contribution in [0.4, 0.5) is 4.39 Å². The highest BCUT2D eigenvalue weighted by Gasteiger charge is 2.14.